The molecule has 0 aliphatic carbocycles. The lowest BCUT2D eigenvalue weighted by molar-refractivity contribution is -0.150. The first-order valence-electron chi connectivity index (χ1n) is 6.40. The number of ether oxygens (including phenoxy) is 2. The number of nitrogens with one attached hydrogen (secondary N) is 1. The van der Waals surface area contributed by atoms with Crippen LogP contribution in [0.1, 0.15) is 26.3 Å². The number of benzene rings is 1. The Labute approximate surface area is 122 Å². The molecule has 0 aliphatic heterocycles. The van der Waals surface area contributed by atoms with Crippen molar-refractivity contribution in [3.8, 4) is 5.75 Å². The average molecular weight is 330 g/mol. The van der Waals surface area contributed by atoms with Crippen LogP contribution in [0.4, 0.5) is 0 Å². The lowest BCUT2D eigenvalue weighted by Gasteiger charge is -2.15. The van der Waals surface area contributed by atoms with Crippen LogP contribution < -0.4 is 10.1 Å². The second-order valence-electron chi connectivity index (χ2n) is 4.06. The van der Waals surface area contributed by atoms with E-state index in [1.807, 2.05) is 18.2 Å². The van der Waals surface area contributed by atoms with E-state index in [1.54, 1.807) is 13.8 Å². The zero-order chi connectivity index (χ0) is 14.3. The van der Waals surface area contributed by atoms with Gasteiger partial charge in [-0.2, -0.15) is 0 Å². The second-order valence-corrected chi connectivity index (χ2v) is 4.91. The van der Waals surface area contributed by atoms with Gasteiger partial charge >= 0.3 is 5.97 Å². The van der Waals surface area contributed by atoms with Crippen LogP contribution in [0.25, 0.3) is 0 Å². The number of hydrogen-bond acceptors (Lipinski definition) is 4. The highest BCUT2D eigenvalue weighted by Gasteiger charge is 2.16. The van der Waals surface area contributed by atoms with Gasteiger partial charge < -0.3 is 14.8 Å². The lowest BCUT2D eigenvalue weighted by Crippen LogP contribution is -2.26. The van der Waals surface area contributed by atoms with Crippen molar-refractivity contribution in [1.82, 2.24) is 5.32 Å². The summed E-state index contributed by atoms with van der Waals surface area (Å²) >= 11 is 3.45. The van der Waals surface area contributed by atoms with E-state index in [2.05, 4.69) is 28.2 Å². The maximum Gasteiger partial charge on any atom is 0.347 e. The Morgan fingerprint density at radius 2 is 2.16 bits per heavy atom. The molecule has 0 spiro atoms. The standard InChI is InChI=1S/C14H20BrNO3/c1-4-16-9-11-6-7-13(12(15)8-11)19-10(3)14(17)18-5-2/h6-8,10,16H,4-5,9H2,1-3H3. The maximum atomic E-state index is 11.5. The summed E-state index contributed by atoms with van der Waals surface area (Å²) in [4.78, 5) is 11.5. The van der Waals surface area contributed by atoms with Crippen LogP contribution in [-0.2, 0) is 16.1 Å². The first kappa shape index (κ1) is 16.0. The molecule has 1 aromatic rings. The van der Waals surface area contributed by atoms with Crippen LogP contribution in [0.2, 0.25) is 0 Å². The van der Waals surface area contributed by atoms with Gasteiger partial charge in [0.05, 0.1) is 11.1 Å². The molecular weight excluding hydrogens is 310 g/mol. The van der Waals surface area contributed by atoms with Crippen molar-refractivity contribution in [3.05, 3.63) is 28.2 Å². The van der Waals surface area contributed by atoms with Crippen molar-refractivity contribution in [2.75, 3.05) is 13.2 Å². The Balaban J connectivity index is 2.66. The van der Waals surface area contributed by atoms with E-state index in [4.69, 9.17) is 9.47 Å². The molecule has 0 amide bonds. The van der Waals surface area contributed by atoms with Crippen molar-refractivity contribution < 1.29 is 14.3 Å². The molecule has 4 nitrogen and oxygen atoms in total. The van der Waals surface area contributed by atoms with Crippen molar-refractivity contribution in [2.45, 2.75) is 33.4 Å². The molecule has 0 heterocycles. The van der Waals surface area contributed by atoms with Crippen LogP contribution >= 0.6 is 15.9 Å². The molecule has 1 atom stereocenters. The van der Waals surface area contributed by atoms with Crippen molar-refractivity contribution in [2.24, 2.45) is 0 Å². The summed E-state index contributed by atoms with van der Waals surface area (Å²) in [6.07, 6.45) is -0.615. The fourth-order valence-corrected chi connectivity index (χ4v) is 2.04. The highest BCUT2D eigenvalue weighted by Crippen LogP contribution is 2.27. The first-order valence-corrected chi connectivity index (χ1v) is 7.20. The minimum absolute atomic E-state index is 0.355. The quantitative estimate of drug-likeness (QED) is 0.781. The van der Waals surface area contributed by atoms with Gasteiger partial charge in [0.1, 0.15) is 5.75 Å². The molecule has 106 valence electrons. The van der Waals surface area contributed by atoms with Gasteiger partial charge in [-0.3, -0.25) is 0 Å². The summed E-state index contributed by atoms with van der Waals surface area (Å²) < 4.78 is 11.3. The fourth-order valence-electron chi connectivity index (χ4n) is 1.52. The molecule has 0 saturated heterocycles. The van der Waals surface area contributed by atoms with Crippen LogP contribution in [0.15, 0.2) is 22.7 Å². The van der Waals surface area contributed by atoms with Gasteiger partial charge in [0.25, 0.3) is 0 Å². The van der Waals surface area contributed by atoms with Gasteiger partial charge in [-0.1, -0.05) is 13.0 Å². The highest BCUT2D eigenvalue weighted by molar-refractivity contribution is 9.10. The largest absolute Gasteiger partial charge is 0.478 e. The van der Waals surface area contributed by atoms with Gasteiger partial charge in [0, 0.05) is 6.54 Å². The number of carbonyl (C=O) groups is 1. The highest BCUT2D eigenvalue weighted by atomic mass is 79.9. The van der Waals surface area contributed by atoms with E-state index < -0.39 is 6.10 Å². The number of carbonyl (C=O) groups excluding carboxylic acids is 1. The van der Waals surface area contributed by atoms with E-state index in [9.17, 15) is 4.79 Å². The van der Waals surface area contributed by atoms with Gasteiger partial charge in [-0.25, -0.2) is 4.79 Å². The second kappa shape index (κ2) is 8.17. The number of rotatable bonds is 7. The molecule has 0 aliphatic rings. The maximum absolute atomic E-state index is 11.5. The van der Waals surface area contributed by atoms with Crippen LogP contribution in [0.3, 0.4) is 0 Å². The molecule has 0 aromatic heterocycles. The molecule has 1 unspecified atom stereocenters. The molecule has 1 aromatic carbocycles. The Morgan fingerprint density at radius 1 is 1.42 bits per heavy atom. The van der Waals surface area contributed by atoms with Crippen molar-refractivity contribution >= 4 is 21.9 Å². The number of hydrogen-bond donors (Lipinski definition) is 1. The van der Waals surface area contributed by atoms with Gasteiger partial charge in [-0.15, -0.1) is 0 Å². The summed E-state index contributed by atoms with van der Waals surface area (Å²) in [6, 6.07) is 5.81. The van der Waals surface area contributed by atoms with Gasteiger partial charge in [-0.05, 0) is 54.0 Å². The van der Waals surface area contributed by atoms with Crippen LogP contribution in [0.5, 0.6) is 5.75 Å². The Bertz CT molecular complexity index is 423. The summed E-state index contributed by atoms with van der Waals surface area (Å²) in [6.45, 7) is 7.61. The minimum Gasteiger partial charge on any atom is -0.478 e. The molecule has 1 rings (SSSR count). The number of esters is 1. The third-order valence-electron chi connectivity index (χ3n) is 2.50. The fraction of sp³-hybridized carbons (Fsp3) is 0.500. The summed E-state index contributed by atoms with van der Waals surface area (Å²) in [7, 11) is 0. The van der Waals surface area contributed by atoms with E-state index >= 15 is 0 Å². The Kier molecular flexibility index (Phi) is 6.87. The van der Waals surface area contributed by atoms with Crippen molar-refractivity contribution in [3.63, 3.8) is 0 Å². The lowest BCUT2D eigenvalue weighted by atomic mass is 10.2. The molecule has 0 fully saturated rings. The topological polar surface area (TPSA) is 47.6 Å². The van der Waals surface area contributed by atoms with Crippen LogP contribution in [-0.4, -0.2) is 25.2 Å². The van der Waals surface area contributed by atoms with E-state index in [-0.39, 0.29) is 5.97 Å². The molecule has 0 bridgehead atoms. The summed E-state index contributed by atoms with van der Waals surface area (Å²) in [5.74, 6) is 0.284. The van der Waals surface area contributed by atoms with Crippen molar-refractivity contribution in [1.29, 1.82) is 0 Å². The zero-order valence-corrected chi connectivity index (χ0v) is 13.1. The smallest absolute Gasteiger partial charge is 0.347 e. The average Bonchev–Trinajstić information content (AvgIpc) is 2.39. The Morgan fingerprint density at radius 3 is 2.74 bits per heavy atom. The molecular formula is C14H20BrNO3. The SMILES string of the molecule is CCNCc1ccc(OC(C)C(=O)OCC)c(Br)c1. The molecule has 1 N–H and O–H groups in total. The van der Waals surface area contributed by atoms with E-state index in [0.29, 0.717) is 12.4 Å². The van der Waals surface area contributed by atoms with E-state index in [1.165, 1.54) is 0 Å². The normalized spacial score (nSPS) is 12.0. The molecule has 19 heavy (non-hydrogen) atoms. The third kappa shape index (κ3) is 5.20. The van der Waals surface area contributed by atoms with Gasteiger partial charge in [0.15, 0.2) is 6.10 Å². The zero-order valence-electron chi connectivity index (χ0n) is 11.5. The number of halogens is 1. The third-order valence-corrected chi connectivity index (χ3v) is 3.12. The monoisotopic (exact) mass is 329 g/mol. The Hall–Kier alpha value is -1.07. The first-order chi connectivity index (χ1) is 9.08. The van der Waals surface area contributed by atoms with Gasteiger partial charge in [0.2, 0.25) is 0 Å². The molecule has 5 heteroatoms. The molecule has 0 radical (unpaired) electrons. The predicted octanol–water partition coefficient (Wildman–Crippen LogP) is 2.89. The van der Waals surface area contributed by atoms with E-state index in [0.717, 1.165) is 23.1 Å². The summed E-state index contributed by atoms with van der Waals surface area (Å²) in [5.41, 5.74) is 1.16. The molecule has 0 saturated carbocycles. The minimum atomic E-state index is -0.615. The predicted molar refractivity (Wildman–Crippen MR) is 78.2 cm³/mol. The van der Waals surface area contributed by atoms with Crippen LogP contribution in [0, 0.1) is 0 Å². The summed E-state index contributed by atoms with van der Waals surface area (Å²) in [5, 5.41) is 3.25.